The van der Waals surface area contributed by atoms with Crippen LogP contribution in [0.2, 0.25) is 0 Å². The lowest BCUT2D eigenvalue weighted by Crippen LogP contribution is -2.49. The zero-order valence-electron chi connectivity index (χ0n) is 15.6. The van der Waals surface area contributed by atoms with Crippen LogP contribution in [0, 0.1) is 21.4 Å². The van der Waals surface area contributed by atoms with E-state index in [0.717, 1.165) is 31.0 Å². The van der Waals surface area contributed by atoms with Gasteiger partial charge >= 0.3 is 0 Å². The van der Waals surface area contributed by atoms with E-state index in [2.05, 4.69) is 4.98 Å². The van der Waals surface area contributed by atoms with Gasteiger partial charge in [0, 0.05) is 32.2 Å². The van der Waals surface area contributed by atoms with Gasteiger partial charge in [0.05, 0.1) is 9.82 Å². The molecule has 150 valence electrons. The zero-order valence-corrected chi connectivity index (χ0v) is 16.4. The molecule has 0 amide bonds. The molecule has 29 heavy (non-hydrogen) atoms. The van der Waals surface area contributed by atoms with E-state index < -0.39 is 14.9 Å². The number of pyridine rings is 1. The molecule has 2 heterocycles. The first-order chi connectivity index (χ1) is 13.9. The Morgan fingerprint density at radius 2 is 1.83 bits per heavy atom. The third kappa shape index (κ3) is 3.54. The highest BCUT2D eigenvalue weighted by molar-refractivity contribution is 7.89. The van der Waals surface area contributed by atoms with Gasteiger partial charge in [-0.1, -0.05) is 6.07 Å². The van der Waals surface area contributed by atoms with Crippen LogP contribution in [0.4, 0.5) is 11.5 Å². The van der Waals surface area contributed by atoms with Crippen LogP contribution in [0.3, 0.4) is 0 Å². The second-order valence-electron chi connectivity index (χ2n) is 7.11. The molecule has 1 aliphatic carbocycles. The number of hydrogen-bond acceptors (Lipinski definition) is 7. The molecule has 2 aliphatic rings. The average molecular weight is 413 g/mol. The maximum atomic E-state index is 13.0. The van der Waals surface area contributed by atoms with Gasteiger partial charge in [0.15, 0.2) is 0 Å². The van der Waals surface area contributed by atoms with Gasteiger partial charge < -0.3 is 4.90 Å². The smallest absolute Gasteiger partial charge is 0.289 e. The maximum Gasteiger partial charge on any atom is 0.289 e. The Hall–Kier alpha value is -3.03. The summed E-state index contributed by atoms with van der Waals surface area (Å²) in [6, 6.07) is 8.50. The summed E-state index contributed by atoms with van der Waals surface area (Å²) in [7, 11) is -3.59. The number of anilines is 1. The fraction of sp³-hybridized carbons (Fsp3) is 0.368. The molecule has 1 aromatic heterocycles. The molecule has 2 aromatic rings. The largest absolute Gasteiger partial charge is 0.353 e. The first-order valence-corrected chi connectivity index (χ1v) is 10.8. The first-order valence-electron chi connectivity index (χ1n) is 9.31. The van der Waals surface area contributed by atoms with Crippen molar-refractivity contribution in [2.24, 2.45) is 0 Å². The van der Waals surface area contributed by atoms with Crippen molar-refractivity contribution in [3.05, 3.63) is 57.3 Å². The van der Waals surface area contributed by atoms with E-state index in [1.165, 1.54) is 15.9 Å². The predicted octanol–water partition coefficient (Wildman–Crippen LogP) is 1.86. The molecule has 1 aliphatic heterocycles. The Bertz CT molecular complexity index is 1120. The molecule has 0 saturated carbocycles. The quantitative estimate of drug-likeness (QED) is 0.554. The molecule has 1 saturated heterocycles. The topological polar surface area (TPSA) is 120 Å². The number of hydrogen-bond donors (Lipinski definition) is 0. The van der Waals surface area contributed by atoms with E-state index >= 15 is 0 Å². The Labute approximate surface area is 168 Å². The molecule has 0 radical (unpaired) electrons. The SMILES string of the molecule is N#Cc1cc([N+](=O)[O-])cnc1N1CCN(S(=O)(=O)c2ccc3c(c2)CCC3)CC1. The van der Waals surface area contributed by atoms with Crippen LogP contribution in [0.5, 0.6) is 0 Å². The van der Waals surface area contributed by atoms with Gasteiger partial charge in [-0.15, -0.1) is 0 Å². The van der Waals surface area contributed by atoms with E-state index in [1.807, 2.05) is 12.1 Å². The fourth-order valence-electron chi connectivity index (χ4n) is 3.88. The van der Waals surface area contributed by atoms with Crippen molar-refractivity contribution < 1.29 is 13.3 Å². The molecule has 9 nitrogen and oxygen atoms in total. The van der Waals surface area contributed by atoms with E-state index in [-0.39, 0.29) is 24.3 Å². The van der Waals surface area contributed by atoms with Crippen LogP contribution in [-0.4, -0.2) is 48.8 Å². The number of sulfonamides is 1. The average Bonchev–Trinajstić information content (AvgIpc) is 3.21. The van der Waals surface area contributed by atoms with E-state index in [0.29, 0.717) is 23.8 Å². The fourth-order valence-corrected chi connectivity index (χ4v) is 5.35. The van der Waals surface area contributed by atoms with Crippen LogP contribution < -0.4 is 4.90 Å². The number of fused-ring (bicyclic) bond motifs is 1. The number of piperazine rings is 1. The minimum absolute atomic E-state index is 0.106. The lowest BCUT2D eigenvalue weighted by molar-refractivity contribution is -0.385. The Kier molecular flexibility index (Phi) is 4.94. The molecule has 1 fully saturated rings. The van der Waals surface area contributed by atoms with Gasteiger partial charge in [-0.05, 0) is 42.5 Å². The van der Waals surface area contributed by atoms with Crippen LogP contribution in [0.15, 0.2) is 35.4 Å². The van der Waals surface area contributed by atoms with Crippen LogP contribution in [0.1, 0.15) is 23.1 Å². The van der Waals surface area contributed by atoms with Crippen molar-refractivity contribution in [2.75, 3.05) is 31.1 Å². The lowest BCUT2D eigenvalue weighted by atomic mass is 10.1. The molecule has 1 aromatic carbocycles. The summed E-state index contributed by atoms with van der Waals surface area (Å²) in [4.78, 5) is 16.5. The second kappa shape index (κ2) is 7.42. The Balaban J connectivity index is 1.51. The van der Waals surface area contributed by atoms with Crippen LogP contribution in [0.25, 0.3) is 0 Å². The maximum absolute atomic E-state index is 13.0. The highest BCUT2D eigenvalue weighted by atomic mass is 32.2. The van der Waals surface area contributed by atoms with Crippen LogP contribution >= 0.6 is 0 Å². The van der Waals surface area contributed by atoms with E-state index in [4.69, 9.17) is 0 Å². The molecule has 0 unspecified atom stereocenters. The van der Waals surface area contributed by atoms with Gasteiger partial charge in [0.2, 0.25) is 10.0 Å². The predicted molar refractivity (Wildman–Crippen MR) is 105 cm³/mol. The minimum Gasteiger partial charge on any atom is -0.353 e. The third-order valence-corrected chi connectivity index (χ3v) is 7.32. The number of nitro groups is 1. The Morgan fingerprint density at radius 3 is 2.52 bits per heavy atom. The van der Waals surface area contributed by atoms with Gasteiger partial charge in [0.25, 0.3) is 5.69 Å². The van der Waals surface area contributed by atoms with Gasteiger partial charge in [-0.2, -0.15) is 9.57 Å². The van der Waals surface area contributed by atoms with Crippen molar-refractivity contribution >= 4 is 21.5 Å². The standard InChI is InChI=1S/C19H19N5O4S/c20-12-16-10-17(24(25)26)13-21-19(16)22-6-8-23(9-7-22)29(27,28)18-5-4-14-2-1-3-15(14)11-18/h4-5,10-11,13H,1-3,6-9H2. The summed E-state index contributed by atoms with van der Waals surface area (Å²) in [6.07, 6.45) is 4.08. The van der Waals surface area contributed by atoms with E-state index in [1.54, 1.807) is 17.0 Å². The number of nitriles is 1. The number of rotatable bonds is 4. The zero-order chi connectivity index (χ0) is 20.6. The third-order valence-electron chi connectivity index (χ3n) is 5.43. The summed E-state index contributed by atoms with van der Waals surface area (Å²) < 4.78 is 27.5. The highest BCUT2D eigenvalue weighted by Crippen LogP contribution is 2.28. The summed E-state index contributed by atoms with van der Waals surface area (Å²) in [5, 5.41) is 20.2. The van der Waals surface area contributed by atoms with Crippen molar-refractivity contribution in [3.63, 3.8) is 0 Å². The summed E-state index contributed by atoms with van der Waals surface area (Å²) in [5.74, 6) is 0.340. The first kappa shape index (κ1) is 19.3. The normalized spacial score (nSPS) is 17.0. The van der Waals surface area contributed by atoms with Crippen molar-refractivity contribution in [1.82, 2.24) is 9.29 Å². The van der Waals surface area contributed by atoms with Gasteiger partial charge in [-0.3, -0.25) is 10.1 Å². The molecule has 4 rings (SSSR count). The molecular formula is C19H19N5O4S. The summed E-state index contributed by atoms with van der Waals surface area (Å²) >= 11 is 0. The molecule has 10 heteroatoms. The minimum atomic E-state index is -3.59. The number of aromatic nitrogens is 1. The van der Waals surface area contributed by atoms with Crippen molar-refractivity contribution in [2.45, 2.75) is 24.2 Å². The monoisotopic (exact) mass is 413 g/mol. The lowest BCUT2D eigenvalue weighted by Gasteiger charge is -2.35. The molecule has 0 atom stereocenters. The summed E-state index contributed by atoms with van der Waals surface area (Å²) in [6.45, 7) is 1.21. The number of aryl methyl sites for hydroxylation is 2. The van der Waals surface area contributed by atoms with Gasteiger partial charge in [0.1, 0.15) is 23.6 Å². The number of nitrogens with zero attached hydrogens (tertiary/aromatic N) is 5. The molecular weight excluding hydrogens is 394 g/mol. The number of benzene rings is 1. The molecule has 0 spiro atoms. The van der Waals surface area contributed by atoms with Crippen molar-refractivity contribution in [1.29, 1.82) is 5.26 Å². The van der Waals surface area contributed by atoms with Crippen molar-refractivity contribution in [3.8, 4) is 6.07 Å². The Morgan fingerprint density at radius 1 is 1.10 bits per heavy atom. The van der Waals surface area contributed by atoms with Crippen LogP contribution in [-0.2, 0) is 22.9 Å². The van der Waals surface area contributed by atoms with E-state index in [9.17, 15) is 23.8 Å². The molecule has 0 bridgehead atoms. The highest BCUT2D eigenvalue weighted by Gasteiger charge is 2.30. The summed E-state index contributed by atoms with van der Waals surface area (Å²) in [5.41, 5.74) is 2.19. The second-order valence-corrected chi connectivity index (χ2v) is 9.05. The molecule has 0 N–H and O–H groups in total. The van der Waals surface area contributed by atoms with Gasteiger partial charge in [-0.25, -0.2) is 13.4 Å².